The van der Waals surface area contributed by atoms with Crippen LogP contribution in [-0.2, 0) is 4.84 Å². The summed E-state index contributed by atoms with van der Waals surface area (Å²) >= 11 is 5.61. The van der Waals surface area contributed by atoms with E-state index >= 15 is 0 Å². The lowest BCUT2D eigenvalue weighted by Crippen LogP contribution is -2.10. The van der Waals surface area contributed by atoms with E-state index in [0.29, 0.717) is 11.8 Å². The number of hydrogen-bond donors (Lipinski definition) is 0. The summed E-state index contributed by atoms with van der Waals surface area (Å²) in [6.45, 7) is 4.35. The molecular formula is C8H14ClNO. The van der Waals surface area contributed by atoms with Crippen LogP contribution >= 0.6 is 11.6 Å². The van der Waals surface area contributed by atoms with Crippen molar-refractivity contribution in [1.82, 2.24) is 0 Å². The van der Waals surface area contributed by atoms with Crippen LogP contribution in [0.5, 0.6) is 0 Å². The molecule has 0 aliphatic carbocycles. The van der Waals surface area contributed by atoms with Gasteiger partial charge in [0.2, 0.25) is 0 Å². The van der Waals surface area contributed by atoms with Crippen LogP contribution in [-0.4, -0.2) is 17.7 Å². The quantitative estimate of drug-likeness (QED) is 0.604. The van der Waals surface area contributed by atoms with Crippen molar-refractivity contribution in [2.75, 3.05) is 5.88 Å². The van der Waals surface area contributed by atoms with Gasteiger partial charge in [-0.3, -0.25) is 0 Å². The molecule has 1 rings (SSSR count). The molecule has 1 atom stereocenters. The molecule has 3 heteroatoms. The minimum absolute atomic E-state index is 0.130. The predicted octanol–water partition coefficient (Wildman–Crippen LogP) is 2.42. The van der Waals surface area contributed by atoms with Gasteiger partial charge in [0.05, 0.1) is 11.6 Å². The molecule has 0 aromatic rings. The highest BCUT2D eigenvalue weighted by molar-refractivity contribution is 6.18. The second-order valence-electron chi connectivity index (χ2n) is 3.34. The van der Waals surface area contributed by atoms with Gasteiger partial charge in [-0.05, 0) is 12.3 Å². The Morgan fingerprint density at radius 1 is 1.73 bits per heavy atom. The standard InChI is InChI=1S/C8H14ClNO/c1-6(2)3-7-4-8(5-9)11-10-7/h6,8H,3-5H2,1-2H3. The summed E-state index contributed by atoms with van der Waals surface area (Å²) in [5, 5.41) is 3.96. The van der Waals surface area contributed by atoms with E-state index in [1.165, 1.54) is 0 Å². The van der Waals surface area contributed by atoms with Crippen LogP contribution in [0.15, 0.2) is 5.16 Å². The summed E-state index contributed by atoms with van der Waals surface area (Å²) in [5.74, 6) is 1.21. The van der Waals surface area contributed by atoms with Crippen LogP contribution in [0.25, 0.3) is 0 Å². The molecule has 0 aromatic carbocycles. The first-order valence-corrected chi connectivity index (χ1v) is 4.53. The second-order valence-corrected chi connectivity index (χ2v) is 3.65. The van der Waals surface area contributed by atoms with Crippen LogP contribution in [0.1, 0.15) is 26.7 Å². The minimum Gasteiger partial charge on any atom is -0.391 e. The fourth-order valence-corrected chi connectivity index (χ4v) is 1.33. The Morgan fingerprint density at radius 2 is 2.45 bits per heavy atom. The molecule has 0 radical (unpaired) electrons. The zero-order valence-corrected chi connectivity index (χ0v) is 7.77. The molecule has 0 saturated carbocycles. The molecule has 1 unspecified atom stereocenters. The fourth-order valence-electron chi connectivity index (χ4n) is 1.16. The van der Waals surface area contributed by atoms with Crippen LogP contribution in [0.4, 0.5) is 0 Å². The van der Waals surface area contributed by atoms with Crippen molar-refractivity contribution in [1.29, 1.82) is 0 Å². The van der Waals surface area contributed by atoms with E-state index in [0.717, 1.165) is 18.6 Å². The van der Waals surface area contributed by atoms with Crippen molar-refractivity contribution in [2.24, 2.45) is 11.1 Å². The lowest BCUT2D eigenvalue weighted by atomic mass is 10.0. The van der Waals surface area contributed by atoms with Gasteiger partial charge in [0.25, 0.3) is 0 Å². The molecule has 0 spiro atoms. The third kappa shape index (κ3) is 2.70. The maximum atomic E-state index is 5.61. The second kappa shape index (κ2) is 3.96. The smallest absolute Gasteiger partial charge is 0.146 e. The summed E-state index contributed by atoms with van der Waals surface area (Å²) in [4.78, 5) is 5.07. The molecule has 64 valence electrons. The van der Waals surface area contributed by atoms with E-state index in [-0.39, 0.29) is 6.10 Å². The monoisotopic (exact) mass is 175 g/mol. The number of hydrogen-bond acceptors (Lipinski definition) is 2. The Morgan fingerprint density at radius 3 is 2.91 bits per heavy atom. The first-order valence-electron chi connectivity index (χ1n) is 4.00. The fraction of sp³-hybridized carbons (Fsp3) is 0.875. The van der Waals surface area contributed by atoms with Crippen molar-refractivity contribution in [3.8, 4) is 0 Å². The normalized spacial score (nSPS) is 23.6. The lowest BCUT2D eigenvalue weighted by molar-refractivity contribution is 0.102. The summed E-state index contributed by atoms with van der Waals surface area (Å²) in [6, 6.07) is 0. The van der Waals surface area contributed by atoms with E-state index in [1.807, 2.05) is 0 Å². The van der Waals surface area contributed by atoms with E-state index in [1.54, 1.807) is 0 Å². The number of rotatable bonds is 3. The molecule has 0 bridgehead atoms. The lowest BCUT2D eigenvalue weighted by Gasteiger charge is -2.02. The summed E-state index contributed by atoms with van der Waals surface area (Å²) in [5.41, 5.74) is 1.16. The molecule has 0 amide bonds. The first-order chi connectivity index (χ1) is 5.22. The number of halogens is 1. The Balaban J connectivity index is 2.28. The van der Waals surface area contributed by atoms with Crippen molar-refractivity contribution >= 4 is 17.3 Å². The molecule has 11 heavy (non-hydrogen) atoms. The zero-order valence-electron chi connectivity index (χ0n) is 7.01. The van der Waals surface area contributed by atoms with Gasteiger partial charge in [-0.25, -0.2) is 0 Å². The molecule has 0 N–H and O–H groups in total. The zero-order chi connectivity index (χ0) is 8.27. The highest BCUT2D eigenvalue weighted by atomic mass is 35.5. The minimum atomic E-state index is 0.130. The molecule has 2 nitrogen and oxygen atoms in total. The van der Waals surface area contributed by atoms with Gasteiger partial charge in [-0.15, -0.1) is 11.6 Å². The Bertz CT molecular complexity index is 156. The maximum absolute atomic E-state index is 5.61. The molecular weight excluding hydrogens is 162 g/mol. The van der Waals surface area contributed by atoms with E-state index in [2.05, 4.69) is 19.0 Å². The average Bonchev–Trinajstić information content (AvgIpc) is 2.34. The predicted molar refractivity (Wildman–Crippen MR) is 47.1 cm³/mol. The van der Waals surface area contributed by atoms with Crippen LogP contribution in [0.3, 0.4) is 0 Å². The molecule has 1 heterocycles. The van der Waals surface area contributed by atoms with Crippen molar-refractivity contribution in [3.63, 3.8) is 0 Å². The van der Waals surface area contributed by atoms with E-state index in [9.17, 15) is 0 Å². The highest BCUT2D eigenvalue weighted by Crippen LogP contribution is 2.16. The van der Waals surface area contributed by atoms with Crippen molar-refractivity contribution in [3.05, 3.63) is 0 Å². The largest absolute Gasteiger partial charge is 0.391 e. The summed E-state index contributed by atoms with van der Waals surface area (Å²) in [7, 11) is 0. The van der Waals surface area contributed by atoms with Gasteiger partial charge in [-0.1, -0.05) is 19.0 Å². The third-order valence-electron chi connectivity index (χ3n) is 1.61. The summed E-state index contributed by atoms with van der Waals surface area (Å²) in [6.07, 6.45) is 2.08. The van der Waals surface area contributed by atoms with Crippen LogP contribution in [0.2, 0.25) is 0 Å². The van der Waals surface area contributed by atoms with Gasteiger partial charge >= 0.3 is 0 Å². The highest BCUT2D eigenvalue weighted by Gasteiger charge is 2.19. The topological polar surface area (TPSA) is 21.6 Å². The maximum Gasteiger partial charge on any atom is 0.146 e. The third-order valence-corrected chi connectivity index (χ3v) is 1.95. The molecule has 1 aliphatic rings. The van der Waals surface area contributed by atoms with Gasteiger partial charge in [-0.2, -0.15) is 0 Å². The van der Waals surface area contributed by atoms with Gasteiger partial charge in [0.15, 0.2) is 0 Å². The first kappa shape index (κ1) is 8.85. The van der Waals surface area contributed by atoms with Crippen molar-refractivity contribution < 1.29 is 4.84 Å². The van der Waals surface area contributed by atoms with Gasteiger partial charge in [0.1, 0.15) is 6.10 Å². The molecule has 0 aromatic heterocycles. The number of nitrogens with zero attached hydrogens (tertiary/aromatic N) is 1. The van der Waals surface area contributed by atoms with Gasteiger partial charge in [0, 0.05) is 6.42 Å². The van der Waals surface area contributed by atoms with E-state index in [4.69, 9.17) is 16.4 Å². The van der Waals surface area contributed by atoms with Crippen LogP contribution in [0, 0.1) is 5.92 Å². The van der Waals surface area contributed by atoms with E-state index < -0.39 is 0 Å². The van der Waals surface area contributed by atoms with Crippen LogP contribution < -0.4 is 0 Å². The molecule has 1 aliphatic heterocycles. The SMILES string of the molecule is CC(C)CC1=NOC(CCl)C1. The Labute approximate surface area is 72.6 Å². The average molecular weight is 176 g/mol. The summed E-state index contributed by atoms with van der Waals surface area (Å²) < 4.78 is 0. The molecule has 0 saturated heterocycles. The van der Waals surface area contributed by atoms with Gasteiger partial charge < -0.3 is 4.84 Å². The Kier molecular flexibility index (Phi) is 3.18. The number of oxime groups is 1. The number of alkyl halides is 1. The van der Waals surface area contributed by atoms with Crippen molar-refractivity contribution in [2.45, 2.75) is 32.8 Å². The Hall–Kier alpha value is -0.240. The molecule has 0 fully saturated rings.